The number of halogens is 2. The second kappa shape index (κ2) is 6.15. The highest BCUT2D eigenvalue weighted by Crippen LogP contribution is 2.32. The zero-order valence-electron chi connectivity index (χ0n) is 11.2. The maximum absolute atomic E-state index is 14.1. The average molecular weight is 304 g/mol. The van der Waals surface area contributed by atoms with Crippen molar-refractivity contribution in [3.63, 3.8) is 0 Å². The lowest BCUT2D eigenvalue weighted by molar-refractivity contribution is 0.517. The molecule has 7 heteroatoms. The van der Waals surface area contributed by atoms with Gasteiger partial charge in [0.15, 0.2) is 5.82 Å². The summed E-state index contributed by atoms with van der Waals surface area (Å²) >= 11 is 0. The fourth-order valence-electron chi connectivity index (χ4n) is 2.00. The molecule has 0 saturated heterocycles. The van der Waals surface area contributed by atoms with Crippen LogP contribution in [0.4, 0.5) is 8.78 Å². The summed E-state index contributed by atoms with van der Waals surface area (Å²) in [6.07, 6.45) is 3.00. The molecule has 0 atom stereocenters. The molecule has 0 amide bonds. The Morgan fingerprint density at radius 1 is 1.30 bits per heavy atom. The van der Waals surface area contributed by atoms with E-state index in [0.29, 0.717) is 5.92 Å². The molecular formula is C13H18F2N2O2S. The van der Waals surface area contributed by atoms with E-state index in [1.165, 1.54) is 7.05 Å². The molecule has 0 aromatic heterocycles. The van der Waals surface area contributed by atoms with E-state index in [1.807, 2.05) is 0 Å². The molecule has 0 spiro atoms. The number of nitrogens with one attached hydrogen (secondary N) is 2. The van der Waals surface area contributed by atoms with Gasteiger partial charge in [-0.25, -0.2) is 21.9 Å². The Bertz CT molecular complexity index is 586. The van der Waals surface area contributed by atoms with Crippen LogP contribution in [0.2, 0.25) is 0 Å². The Hall–Kier alpha value is -1.05. The molecule has 0 radical (unpaired) electrons. The Labute approximate surface area is 117 Å². The van der Waals surface area contributed by atoms with Gasteiger partial charge in [0.05, 0.1) is 0 Å². The molecule has 112 valence electrons. The van der Waals surface area contributed by atoms with E-state index >= 15 is 0 Å². The molecule has 2 N–H and O–H groups in total. The quantitative estimate of drug-likeness (QED) is 0.807. The molecule has 0 aliphatic heterocycles. The van der Waals surface area contributed by atoms with Crippen LogP contribution in [-0.4, -0.2) is 22.0 Å². The molecule has 2 rings (SSSR count). The van der Waals surface area contributed by atoms with E-state index in [9.17, 15) is 17.2 Å². The third kappa shape index (κ3) is 3.53. The minimum Gasteiger partial charge on any atom is -0.315 e. The van der Waals surface area contributed by atoms with Crippen molar-refractivity contribution in [2.75, 3.05) is 13.6 Å². The monoisotopic (exact) mass is 304 g/mol. The second-order valence-corrected chi connectivity index (χ2v) is 6.73. The molecule has 1 aliphatic carbocycles. The first-order valence-electron chi connectivity index (χ1n) is 6.57. The van der Waals surface area contributed by atoms with Crippen LogP contribution in [0.1, 0.15) is 24.8 Å². The van der Waals surface area contributed by atoms with Crippen molar-refractivity contribution in [3.8, 4) is 0 Å². The van der Waals surface area contributed by atoms with Gasteiger partial charge in [-0.3, -0.25) is 0 Å². The van der Waals surface area contributed by atoms with Crippen molar-refractivity contribution in [1.29, 1.82) is 0 Å². The molecule has 0 heterocycles. The summed E-state index contributed by atoms with van der Waals surface area (Å²) in [5, 5.41) is 2.62. The summed E-state index contributed by atoms with van der Waals surface area (Å²) in [5.74, 6) is -1.21. The summed E-state index contributed by atoms with van der Waals surface area (Å²) < 4.78 is 54.0. The van der Waals surface area contributed by atoms with Crippen LogP contribution in [0, 0.1) is 17.6 Å². The van der Waals surface area contributed by atoms with Gasteiger partial charge in [-0.2, -0.15) is 0 Å². The predicted molar refractivity (Wildman–Crippen MR) is 71.7 cm³/mol. The maximum atomic E-state index is 14.1. The van der Waals surface area contributed by atoms with Gasteiger partial charge < -0.3 is 5.32 Å². The van der Waals surface area contributed by atoms with Crippen molar-refractivity contribution in [2.24, 2.45) is 5.92 Å². The standard InChI is InChI=1S/C13H18F2N2O2S/c1-16-8-10-11(14)4-5-12(13(10)15)20(18,19)17-7-6-9-2-3-9/h4-5,9,16-17H,2-3,6-8H2,1H3. The average Bonchev–Trinajstić information content (AvgIpc) is 3.18. The van der Waals surface area contributed by atoms with Crippen LogP contribution in [0.5, 0.6) is 0 Å². The van der Waals surface area contributed by atoms with Gasteiger partial charge in [-0.05, 0) is 31.5 Å². The van der Waals surface area contributed by atoms with Crippen molar-refractivity contribution >= 4 is 10.0 Å². The third-order valence-electron chi connectivity index (χ3n) is 3.34. The van der Waals surface area contributed by atoms with Crippen LogP contribution in [-0.2, 0) is 16.6 Å². The van der Waals surface area contributed by atoms with E-state index in [2.05, 4.69) is 10.0 Å². The maximum Gasteiger partial charge on any atom is 0.243 e. The molecule has 0 bridgehead atoms. The molecule has 0 unspecified atom stereocenters. The first-order chi connectivity index (χ1) is 9.45. The van der Waals surface area contributed by atoms with Crippen molar-refractivity contribution in [2.45, 2.75) is 30.7 Å². The highest BCUT2D eigenvalue weighted by atomic mass is 32.2. The SMILES string of the molecule is CNCc1c(F)ccc(S(=O)(=O)NCCC2CC2)c1F. The normalized spacial score (nSPS) is 15.6. The highest BCUT2D eigenvalue weighted by Gasteiger charge is 2.25. The zero-order chi connectivity index (χ0) is 14.8. The molecular weight excluding hydrogens is 286 g/mol. The van der Waals surface area contributed by atoms with E-state index < -0.39 is 26.6 Å². The zero-order valence-corrected chi connectivity index (χ0v) is 12.1. The van der Waals surface area contributed by atoms with E-state index in [-0.39, 0.29) is 18.7 Å². The number of rotatable bonds is 7. The molecule has 1 aromatic rings. The Kier molecular flexibility index (Phi) is 4.72. The fraction of sp³-hybridized carbons (Fsp3) is 0.538. The fourth-order valence-corrected chi connectivity index (χ4v) is 3.15. The molecule has 1 aliphatic rings. The number of hydrogen-bond donors (Lipinski definition) is 2. The predicted octanol–water partition coefficient (Wildman–Crippen LogP) is 1.76. The number of hydrogen-bond acceptors (Lipinski definition) is 3. The van der Waals surface area contributed by atoms with Gasteiger partial charge in [0.25, 0.3) is 0 Å². The number of sulfonamides is 1. The van der Waals surface area contributed by atoms with Crippen LogP contribution in [0.3, 0.4) is 0 Å². The summed E-state index contributed by atoms with van der Waals surface area (Å²) in [6, 6.07) is 1.94. The largest absolute Gasteiger partial charge is 0.315 e. The smallest absolute Gasteiger partial charge is 0.243 e. The molecule has 20 heavy (non-hydrogen) atoms. The lowest BCUT2D eigenvalue weighted by atomic mass is 10.2. The Balaban J connectivity index is 2.19. The molecule has 1 fully saturated rings. The lowest BCUT2D eigenvalue weighted by Gasteiger charge is -2.11. The highest BCUT2D eigenvalue weighted by molar-refractivity contribution is 7.89. The molecule has 1 saturated carbocycles. The Morgan fingerprint density at radius 3 is 2.60 bits per heavy atom. The van der Waals surface area contributed by atoms with Gasteiger partial charge in [-0.1, -0.05) is 12.8 Å². The van der Waals surface area contributed by atoms with E-state index in [0.717, 1.165) is 31.4 Å². The second-order valence-electron chi connectivity index (χ2n) is 5.00. The summed E-state index contributed by atoms with van der Waals surface area (Å²) in [5.41, 5.74) is -0.266. The minimum absolute atomic E-state index is 0.0664. The minimum atomic E-state index is -3.94. The van der Waals surface area contributed by atoms with Crippen LogP contribution >= 0.6 is 0 Å². The first kappa shape index (κ1) is 15.3. The Morgan fingerprint density at radius 2 is 2.00 bits per heavy atom. The van der Waals surface area contributed by atoms with Crippen molar-refractivity contribution < 1.29 is 17.2 Å². The van der Waals surface area contributed by atoms with Crippen LogP contribution in [0.25, 0.3) is 0 Å². The van der Waals surface area contributed by atoms with Crippen molar-refractivity contribution in [3.05, 3.63) is 29.3 Å². The van der Waals surface area contributed by atoms with Gasteiger partial charge >= 0.3 is 0 Å². The summed E-state index contributed by atoms with van der Waals surface area (Å²) in [4.78, 5) is -0.500. The summed E-state index contributed by atoms with van der Waals surface area (Å²) in [6.45, 7) is 0.217. The van der Waals surface area contributed by atoms with Gasteiger partial charge in [0.1, 0.15) is 10.7 Å². The number of benzene rings is 1. The lowest BCUT2D eigenvalue weighted by Crippen LogP contribution is -2.26. The van der Waals surface area contributed by atoms with E-state index in [4.69, 9.17) is 0 Å². The third-order valence-corrected chi connectivity index (χ3v) is 4.81. The first-order valence-corrected chi connectivity index (χ1v) is 8.05. The summed E-state index contributed by atoms with van der Waals surface area (Å²) in [7, 11) is -2.40. The molecule has 4 nitrogen and oxygen atoms in total. The van der Waals surface area contributed by atoms with Gasteiger partial charge in [-0.15, -0.1) is 0 Å². The van der Waals surface area contributed by atoms with Crippen LogP contribution < -0.4 is 10.0 Å². The van der Waals surface area contributed by atoms with Crippen molar-refractivity contribution in [1.82, 2.24) is 10.0 Å². The molecule has 1 aromatic carbocycles. The van der Waals surface area contributed by atoms with Gasteiger partial charge in [0.2, 0.25) is 10.0 Å². The van der Waals surface area contributed by atoms with Gasteiger partial charge in [0, 0.05) is 18.7 Å². The van der Waals surface area contributed by atoms with Crippen LogP contribution in [0.15, 0.2) is 17.0 Å². The van der Waals surface area contributed by atoms with E-state index in [1.54, 1.807) is 0 Å². The topological polar surface area (TPSA) is 58.2 Å².